The molecule has 0 atom stereocenters. The summed E-state index contributed by atoms with van der Waals surface area (Å²) in [6.07, 6.45) is 1.02. The van der Waals surface area contributed by atoms with Gasteiger partial charge in [0, 0.05) is 6.54 Å². The number of benzene rings is 1. The smallest absolute Gasteiger partial charge is 0.311 e. The second-order valence-corrected chi connectivity index (χ2v) is 4.87. The highest BCUT2D eigenvalue weighted by Gasteiger charge is 2.34. The van der Waals surface area contributed by atoms with E-state index < -0.39 is 11.4 Å². The topological polar surface area (TPSA) is 66.4 Å². The fourth-order valence-corrected chi connectivity index (χ4v) is 2.00. The maximum atomic E-state index is 12.7. The number of carboxylic acid groups (broad SMARTS) is 1. The number of halogens is 1. The zero-order valence-corrected chi connectivity index (χ0v) is 11.8. The highest BCUT2D eigenvalue weighted by Crippen LogP contribution is 2.25. The van der Waals surface area contributed by atoms with Crippen LogP contribution in [0.15, 0.2) is 24.3 Å². The third-order valence-electron chi connectivity index (χ3n) is 3.71. The van der Waals surface area contributed by atoms with Gasteiger partial charge in [-0.2, -0.15) is 0 Å². The van der Waals surface area contributed by atoms with Crippen molar-refractivity contribution >= 4 is 11.9 Å². The number of rotatable bonds is 7. The van der Waals surface area contributed by atoms with Gasteiger partial charge in [-0.1, -0.05) is 26.0 Å². The molecule has 110 valence electrons. The van der Waals surface area contributed by atoms with Gasteiger partial charge in [-0.3, -0.25) is 9.59 Å². The Balaban J connectivity index is 2.58. The Bertz CT molecular complexity index is 467. The van der Waals surface area contributed by atoms with Gasteiger partial charge in [-0.05, 0) is 30.5 Å². The average molecular weight is 281 g/mol. The van der Waals surface area contributed by atoms with Crippen LogP contribution in [-0.2, 0) is 16.0 Å². The van der Waals surface area contributed by atoms with Crippen molar-refractivity contribution in [3.8, 4) is 0 Å². The Morgan fingerprint density at radius 1 is 1.20 bits per heavy atom. The van der Waals surface area contributed by atoms with Gasteiger partial charge in [-0.15, -0.1) is 0 Å². The number of carbonyl (C=O) groups excluding carboxylic acids is 1. The largest absolute Gasteiger partial charge is 0.481 e. The summed E-state index contributed by atoms with van der Waals surface area (Å²) in [7, 11) is 0. The molecule has 2 N–H and O–H groups in total. The summed E-state index contributed by atoms with van der Waals surface area (Å²) in [4.78, 5) is 23.1. The van der Waals surface area contributed by atoms with Crippen molar-refractivity contribution in [2.45, 2.75) is 33.1 Å². The summed E-state index contributed by atoms with van der Waals surface area (Å²) >= 11 is 0. The molecule has 0 saturated heterocycles. The maximum Gasteiger partial charge on any atom is 0.311 e. The number of amides is 1. The molecule has 0 fully saturated rings. The Labute approximate surface area is 118 Å². The number of nitrogens with one attached hydrogen (secondary N) is 1. The predicted octanol–water partition coefficient (Wildman–Crippen LogP) is 2.38. The predicted molar refractivity (Wildman–Crippen MR) is 73.8 cm³/mol. The first-order valence-corrected chi connectivity index (χ1v) is 6.68. The van der Waals surface area contributed by atoms with Gasteiger partial charge in [0.15, 0.2) is 0 Å². The van der Waals surface area contributed by atoms with Gasteiger partial charge in [0.05, 0.1) is 11.8 Å². The molecule has 0 unspecified atom stereocenters. The number of hydrogen-bond donors (Lipinski definition) is 2. The number of carboxylic acids is 1. The van der Waals surface area contributed by atoms with Crippen LogP contribution in [0.5, 0.6) is 0 Å². The maximum absolute atomic E-state index is 12.7. The minimum absolute atomic E-state index is 0.107. The lowest BCUT2D eigenvalue weighted by Gasteiger charge is -2.26. The van der Waals surface area contributed by atoms with Crippen molar-refractivity contribution in [3.05, 3.63) is 35.6 Å². The summed E-state index contributed by atoms with van der Waals surface area (Å²) < 4.78 is 12.7. The lowest BCUT2D eigenvalue weighted by atomic mass is 9.82. The molecule has 4 nitrogen and oxygen atoms in total. The molecule has 0 heterocycles. The van der Waals surface area contributed by atoms with Crippen LogP contribution < -0.4 is 5.32 Å². The van der Waals surface area contributed by atoms with Crippen LogP contribution in [0.25, 0.3) is 0 Å². The van der Waals surface area contributed by atoms with Crippen LogP contribution >= 0.6 is 0 Å². The van der Waals surface area contributed by atoms with Gasteiger partial charge >= 0.3 is 5.97 Å². The first-order valence-electron chi connectivity index (χ1n) is 6.68. The van der Waals surface area contributed by atoms with E-state index in [0.717, 1.165) is 0 Å². The minimum atomic E-state index is -0.918. The molecule has 20 heavy (non-hydrogen) atoms. The van der Waals surface area contributed by atoms with Crippen molar-refractivity contribution in [2.24, 2.45) is 5.41 Å². The van der Waals surface area contributed by atoms with E-state index in [1.54, 1.807) is 26.0 Å². The third kappa shape index (κ3) is 4.05. The fourth-order valence-electron chi connectivity index (χ4n) is 2.00. The molecule has 1 aromatic rings. The number of aliphatic carboxylic acids is 1. The molecule has 0 aliphatic rings. The molecule has 0 spiro atoms. The third-order valence-corrected chi connectivity index (χ3v) is 3.71. The molecule has 0 aliphatic heterocycles. The van der Waals surface area contributed by atoms with Gasteiger partial charge < -0.3 is 10.4 Å². The minimum Gasteiger partial charge on any atom is -0.481 e. The first kappa shape index (κ1) is 16.1. The summed E-state index contributed by atoms with van der Waals surface area (Å²) in [6.45, 7) is 3.70. The van der Waals surface area contributed by atoms with Crippen molar-refractivity contribution < 1.29 is 19.1 Å². The molecule has 1 amide bonds. The highest BCUT2D eigenvalue weighted by molar-refractivity contribution is 5.80. The zero-order valence-electron chi connectivity index (χ0n) is 11.8. The summed E-state index contributed by atoms with van der Waals surface area (Å²) in [5.41, 5.74) is -0.226. The van der Waals surface area contributed by atoms with E-state index in [0.29, 0.717) is 18.4 Å². The Morgan fingerprint density at radius 2 is 1.75 bits per heavy atom. The van der Waals surface area contributed by atoms with Gasteiger partial charge in [0.2, 0.25) is 5.91 Å². The molecular weight excluding hydrogens is 261 g/mol. The Hall–Kier alpha value is -1.91. The summed E-state index contributed by atoms with van der Waals surface area (Å²) in [5, 5.41) is 11.9. The average Bonchev–Trinajstić information content (AvgIpc) is 2.43. The lowest BCUT2D eigenvalue weighted by molar-refractivity contribution is -0.149. The normalized spacial score (nSPS) is 11.2. The second kappa shape index (κ2) is 7.03. The van der Waals surface area contributed by atoms with E-state index in [9.17, 15) is 19.1 Å². The van der Waals surface area contributed by atoms with Crippen LogP contribution in [0.3, 0.4) is 0 Å². The van der Waals surface area contributed by atoms with Crippen LogP contribution in [0.1, 0.15) is 32.3 Å². The van der Waals surface area contributed by atoms with Crippen molar-refractivity contribution in [3.63, 3.8) is 0 Å². The van der Waals surface area contributed by atoms with E-state index in [2.05, 4.69) is 5.32 Å². The molecule has 5 heteroatoms. The molecular formula is C15H20FNO3. The van der Waals surface area contributed by atoms with Crippen LogP contribution in [-0.4, -0.2) is 23.5 Å². The standard InChI is InChI=1S/C15H20FNO3/c1-3-15(4-2,14(19)20)10-17-13(18)9-11-5-7-12(16)8-6-11/h5-8H,3-4,9-10H2,1-2H3,(H,17,18)(H,19,20). The molecule has 0 aromatic heterocycles. The van der Waals surface area contributed by atoms with Crippen LogP contribution in [0, 0.1) is 11.2 Å². The summed E-state index contributed by atoms with van der Waals surface area (Å²) in [5.74, 6) is -1.51. The summed E-state index contributed by atoms with van der Waals surface area (Å²) in [6, 6.07) is 5.67. The van der Waals surface area contributed by atoms with E-state index in [4.69, 9.17) is 0 Å². The first-order chi connectivity index (χ1) is 9.43. The molecule has 0 bridgehead atoms. The molecule has 0 radical (unpaired) electrons. The second-order valence-electron chi connectivity index (χ2n) is 4.87. The van der Waals surface area contributed by atoms with E-state index in [1.807, 2.05) is 0 Å². The lowest BCUT2D eigenvalue weighted by Crippen LogP contribution is -2.42. The zero-order chi connectivity index (χ0) is 15.2. The van der Waals surface area contributed by atoms with Crippen LogP contribution in [0.4, 0.5) is 4.39 Å². The Morgan fingerprint density at radius 3 is 2.20 bits per heavy atom. The number of carbonyl (C=O) groups is 2. The molecule has 1 aromatic carbocycles. The van der Waals surface area contributed by atoms with Crippen LogP contribution in [0.2, 0.25) is 0 Å². The van der Waals surface area contributed by atoms with Crippen molar-refractivity contribution in [1.82, 2.24) is 5.32 Å². The van der Waals surface area contributed by atoms with E-state index in [1.165, 1.54) is 12.1 Å². The molecule has 1 rings (SSSR count). The Kier molecular flexibility index (Phi) is 5.67. The van der Waals surface area contributed by atoms with E-state index >= 15 is 0 Å². The van der Waals surface area contributed by atoms with Gasteiger partial charge in [0.25, 0.3) is 0 Å². The van der Waals surface area contributed by atoms with Crippen molar-refractivity contribution in [2.75, 3.05) is 6.54 Å². The van der Waals surface area contributed by atoms with E-state index in [-0.39, 0.29) is 24.7 Å². The number of hydrogen-bond acceptors (Lipinski definition) is 2. The molecule has 0 saturated carbocycles. The quantitative estimate of drug-likeness (QED) is 0.806. The molecule has 0 aliphatic carbocycles. The van der Waals surface area contributed by atoms with Gasteiger partial charge in [-0.25, -0.2) is 4.39 Å². The van der Waals surface area contributed by atoms with Crippen molar-refractivity contribution in [1.29, 1.82) is 0 Å². The van der Waals surface area contributed by atoms with Gasteiger partial charge in [0.1, 0.15) is 5.82 Å². The fraction of sp³-hybridized carbons (Fsp3) is 0.467. The monoisotopic (exact) mass is 281 g/mol. The highest BCUT2D eigenvalue weighted by atomic mass is 19.1. The SMILES string of the molecule is CCC(CC)(CNC(=O)Cc1ccc(F)cc1)C(=O)O.